The molecule has 5 heteroatoms. The first-order valence-corrected chi connectivity index (χ1v) is 5.12. The molecule has 1 aromatic rings. The zero-order valence-corrected chi connectivity index (χ0v) is 10.1. The van der Waals surface area contributed by atoms with E-state index in [1.165, 1.54) is 0 Å². The second kappa shape index (κ2) is 4.24. The van der Waals surface area contributed by atoms with Crippen molar-refractivity contribution in [1.82, 2.24) is 15.0 Å². The van der Waals surface area contributed by atoms with Crippen LogP contribution in [-0.2, 0) is 7.05 Å². The molecule has 0 saturated carbocycles. The highest BCUT2D eigenvalue weighted by atomic mass is 79.9. The van der Waals surface area contributed by atoms with E-state index in [9.17, 15) is 0 Å². The van der Waals surface area contributed by atoms with Crippen LogP contribution in [0.3, 0.4) is 0 Å². The quantitative estimate of drug-likeness (QED) is 0.769. The molecule has 72 valence electrons. The number of allylic oxidation sites excluding steroid dienone is 1. The number of nitrogens with zero attached hydrogens (tertiary/aromatic N) is 3. The van der Waals surface area contributed by atoms with Crippen LogP contribution in [0, 0.1) is 0 Å². The van der Waals surface area contributed by atoms with Crippen LogP contribution in [0.15, 0.2) is 10.2 Å². The second-order valence-electron chi connectivity index (χ2n) is 2.89. The molecule has 1 unspecified atom stereocenters. The van der Waals surface area contributed by atoms with Crippen molar-refractivity contribution in [3.63, 3.8) is 0 Å². The molecule has 0 amide bonds. The van der Waals surface area contributed by atoms with Crippen LogP contribution >= 0.6 is 27.5 Å². The Kier molecular flexibility index (Phi) is 3.50. The molecule has 0 aliphatic carbocycles. The van der Waals surface area contributed by atoms with Crippen molar-refractivity contribution < 1.29 is 0 Å². The first-order valence-electron chi connectivity index (χ1n) is 3.90. The minimum Gasteiger partial charge on any atom is -0.247 e. The van der Waals surface area contributed by atoms with Gasteiger partial charge in [0.2, 0.25) is 0 Å². The predicted octanol–water partition coefficient (Wildman–Crippen LogP) is 2.61. The molecule has 1 rings (SSSR count). The SMILES string of the molecule is C/C(=C\c1c(Br)nnn1C)C(C)Cl. The number of alkyl halides is 1. The Morgan fingerprint density at radius 1 is 1.69 bits per heavy atom. The molecule has 0 fully saturated rings. The number of hydrogen-bond donors (Lipinski definition) is 0. The first kappa shape index (κ1) is 10.7. The van der Waals surface area contributed by atoms with Gasteiger partial charge in [0.05, 0.1) is 11.1 Å². The number of halogens is 2. The number of aromatic nitrogens is 3. The lowest BCUT2D eigenvalue weighted by Gasteiger charge is -2.02. The summed E-state index contributed by atoms with van der Waals surface area (Å²) in [6.07, 6.45) is 1.97. The van der Waals surface area contributed by atoms with Crippen molar-refractivity contribution >= 4 is 33.6 Å². The Morgan fingerprint density at radius 3 is 2.69 bits per heavy atom. The maximum atomic E-state index is 5.92. The average Bonchev–Trinajstić information content (AvgIpc) is 2.35. The van der Waals surface area contributed by atoms with Gasteiger partial charge in [0.25, 0.3) is 0 Å². The normalized spacial score (nSPS) is 14.7. The summed E-state index contributed by atoms with van der Waals surface area (Å²) >= 11 is 9.23. The summed E-state index contributed by atoms with van der Waals surface area (Å²) < 4.78 is 2.44. The van der Waals surface area contributed by atoms with Gasteiger partial charge in [-0.25, -0.2) is 4.68 Å². The van der Waals surface area contributed by atoms with Crippen molar-refractivity contribution in [1.29, 1.82) is 0 Å². The molecule has 3 nitrogen and oxygen atoms in total. The van der Waals surface area contributed by atoms with E-state index in [0.29, 0.717) is 0 Å². The third kappa shape index (κ3) is 2.54. The number of aryl methyl sites for hydroxylation is 1. The standard InChI is InChI=1S/C8H11BrClN3/c1-5(6(2)10)4-7-8(9)11-12-13(7)3/h4,6H,1-3H3/b5-4+. The highest BCUT2D eigenvalue weighted by Gasteiger charge is 2.06. The lowest BCUT2D eigenvalue weighted by Crippen LogP contribution is -1.97. The fourth-order valence-corrected chi connectivity index (χ4v) is 1.33. The Bertz CT molecular complexity index is 311. The van der Waals surface area contributed by atoms with Crippen LogP contribution in [0.4, 0.5) is 0 Å². The Labute approximate surface area is 90.9 Å². The molecule has 1 aromatic heterocycles. The van der Waals surface area contributed by atoms with Crippen LogP contribution < -0.4 is 0 Å². The molecule has 0 saturated heterocycles. The van der Waals surface area contributed by atoms with Crippen LogP contribution in [0.25, 0.3) is 6.08 Å². The zero-order valence-electron chi connectivity index (χ0n) is 7.75. The molecule has 0 aliphatic heterocycles. The van der Waals surface area contributed by atoms with E-state index in [2.05, 4.69) is 26.2 Å². The van der Waals surface area contributed by atoms with Crippen LogP contribution in [0.1, 0.15) is 19.5 Å². The second-order valence-corrected chi connectivity index (χ2v) is 4.30. The summed E-state index contributed by atoms with van der Waals surface area (Å²) in [4.78, 5) is 0. The molecule has 0 spiro atoms. The Morgan fingerprint density at radius 2 is 2.31 bits per heavy atom. The molecule has 1 atom stereocenters. The van der Waals surface area contributed by atoms with Gasteiger partial charge in [0.1, 0.15) is 0 Å². The largest absolute Gasteiger partial charge is 0.247 e. The van der Waals surface area contributed by atoms with Gasteiger partial charge in [-0.15, -0.1) is 16.7 Å². The summed E-state index contributed by atoms with van der Waals surface area (Å²) in [5, 5.41) is 7.76. The van der Waals surface area contributed by atoms with Gasteiger partial charge in [0.15, 0.2) is 4.60 Å². The van der Waals surface area contributed by atoms with E-state index in [-0.39, 0.29) is 5.38 Å². The van der Waals surface area contributed by atoms with E-state index >= 15 is 0 Å². The van der Waals surface area contributed by atoms with E-state index in [1.54, 1.807) is 4.68 Å². The molecule has 13 heavy (non-hydrogen) atoms. The molecule has 0 aromatic carbocycles. The minimum atomic E-state index is 0.0294. The summed E-state index contributed by atoms with van der Waals surface area (Å²) in [6.45, 7) is 3.92. The van der Waals surface area contributed by atoms with Gasteiger partial charge >= 0.3 is 0 Å². The minimum absolute atomic E-state index is 0.0294. The molecular formula is C8H11BrClN3. The number of hydrogen-bond acceptors (Lipinski definition) is 2. The maximum absolute atomic E-state index is 5.92. The lowest BCUT2D eigenvalue weighted by molar-refractivity contribution is 0.708. The van der Waals surface area contributed by atoms with Crippen molar-refractivity contribution in [2.75, 3.05) is 0 Å². The molecule has 0 N–H and O–H groups in total. The molecule has 0 radical (unpaired) electrons. The lowest BCUT2D eigenvalue weighted by atomic mass is 10.2. The van der Waals surface area contributed by atoms with Crippen molar-refractivity contribution in [3.8, 4) is 0 Å². The van der Waals surface area contributed by atoms with Gasteiger partial charge in [-0.1, -0.05) is 10.8 Å². The molecule has 1 heterocycles. The topological polar surface area (TPSA) is 30.7 Å². The van der Waals surface area contributed by atoms with Gasteiger partial charge in [-0.2, -0.15) is 0 Å². The van der Waals surface area contributed by atoms with Crippen LogP contribution in [0.2, 0.25) is 0 Å². The summed E-state index contributed by atoms with van der Waals surface area (Å²) in [5.74, 6) is 0. The fraction of sp³-hybridized carbons (Fsp3) is 0.500. The summed E-state index contributed by atoms with van der Waals surface area (Å²) in [5.41, 5.74) is 2.03. The summed E-state index contributed by atoms with van der Waals surface area (Å²) in [7, 11) is 1.84. The van der Waals surface area contributed by atoms with Gasteiger partial charge in [-0.05, 0) is 35.9 Å². The van der Waals surface area contributed by atoms with Crippen molar-refractivity contribution in [3.05, 3.63) is 15.9 Å². The van der Waals surface area contributed by atoms with Crippen molar-refractivity contribution in [2.24, 2.45) is 7.05 Å². The smallest absolute Gasteiger partial charge is 0.155 e. The maximum Gasteiger partial charge on any atom is 0.155 e. The summed E-state index contributed by atoms with van der Waals surface area (Å²) in [6, 6.07) is 0. The number of rotatable bonds is 2. The van der Waals surface area contributed by atoms with E-state index < -0.39 is 0 Å². The van der Waals surface area contributed by atoms with Crippen molar-refractivity contribution in [2.45, 2.75) is 19.2 Å². The van der Waals surface area contributed by atoms with Gasteiger partial charge in [-0.3, -0.25) is 0 Å². The first-order chi connectivity index (χ1) is 6.02. The van der Waals surface area contributed by atoms with E-state index in [1.807, 2.05) is 27.0 Å². The molecule has 0 aliphatic rings. The van der Waals surface area contributed by atoms with E-state index in [0.717, 1.165) is 15.9 Å². The average molecular weight is 265 g/mol. The Balaban J connectivity index is 3.03. The highest BCUT2D eigenvalue weighted by molar-refractivity contribution is 9.10. The highest BCUT2D eigenvalue weighted by Crippen LogP contribution is 2.18. The van der Waals surface area contributed by atoms with E-state index in [4.69, 9.17) is 11.6 Å². The zero-order chi connectivity index (χ0) is 10.0. The fourth-order valence-electron chi connectivity index (χ4n) is 0.823. The van der Waals surface area contributed by atoms with Crippen LogP contribution in [0.5, 0.6) is 0 Å². The van der Waals surface area contributed by atoms with Crippen LogP contribution in [-0.4, -0.2) is 20.4 Å². The Hall–Kier alpha value is -0.350. The van der Waals surface area contributed by atoms with Gasteiger partial charge in [0, 0.05) is 7.05 Å². The monoisotopic (exact) mass is 263 g/mol. The third-order valence-corrected chi connectivity index (χ3v) is 2.73. The molecule has 0 bridgehead atoms. The third-order valence-electron chi connectivity index (χ3n) is 1.82. The predicted molar refractivity (Wildman–Crippen MR) is 57.7 cm³/mol. The molecular weight excluding hydrogens is 253 g/mol. The van der Waals surface area contributed by atoms with Gasteiger partial charge < -0.3 is 0 Å².